The first-order chi connectivity index (χ1) is 34.6. The summed E-state index contributed by atoms with van der Waals surface area (Å²) in [6.07, 6.45) is 0. The van der Waals surface area contributed by atoms with Crippen LogP contribution < -0.4 is 16.6 Å². The van der Waals surface area contributed by atoms with Crippen LogP contribution in [0.1, 0.15) is 61.1 Å². The molecule has 71 heavy (non-hydrogen) atoms. The van der Waals surface area contributed by atoms with Gasteiger partial charge in [-0.05, 0) is 60.4 Å². The summed E-state index contributed by atoms with van der Waals surface area (Å²) in [4.78, 5) is 16.9. The molecule has 0 spiro atoms. The number of benzene rings is 9. The van der Waals surface area contributed by atoms with Gasteiger partial charge in [-0.25, -0.2) is 9.97 Å². The molecule has 3 heterocycles. The predicted octanol–water partition coefficient (Wildman–Crippen LogP) is 13.5. The molecule has 0 fully saturated rings. The zero-order chi connectivity index (χ0) is 48.4. The molecule has 0 saturated carbocycles. The molecule has 0 radical (unpaired) electrons. The second-order valence-corrected chi connectivity index (χ2v) is 20.1. The Bertz CT molecular complexity index is 3850. The Morgan fingerprint density at radius 1 is 0.380 bits per heavy atom. The molecule has 9 aromatic carbocycles. The van der Waals surface area contributed by atoms with E-state index in [4.69, 9.17) is 15.0 Å². The normalized spacial score (nSPS) is 12.1. The molecule has 12 rings (SSSR count). The molecule has 0 amide bonds. The monoisotopic (exact) mass is 915 g/mol. The van der Waals surface area contributed by atoms with Gasteiger partial charge >= 0.3 is 0 Å². The van der Waals surface area contributed by atoms with Gasteiger partial charge in [-0.3, -0.25) is 4.57 Å². The molecule has 0 atom stereocenters. The maximum Gasteiger partial charge on any atom is 0.291 e. The lowest BCUT2D eigenvalue weighted by Crippen LogP contribution is -2.56. The number of para-hydroxylation sites is 3. The number of hydrogen-bond acceptors (Lipinski definition) is 3. The van der Waals surface area contributed by atoms with E-state index in [-0.39, 0.29) is 17.5 Å². The lowest BCUT2D eigenvalue weighted by atomic mass is 9.38. The number of nitrogens with zero attached hydrogens (tertiary/aromatic N) is 5. The van der Waals surface area contributed by atoms with Crippen LogP contribution in [0.15, 0.2) is 218 Å². The van der Waals surface area contributed by atoms with Gasteiger partial charge in [0.25, 0.3) is 6.71 Å². The van der Waals surface area contributed by atoms with Gasteiger partial charge in [-0.15, -0.1) is 0 Å². The van der Waals surface area contributed by atoms with E-state index in [0.717, 1.165) is 55.0 Å². The summed E-state index contributed by atoms with van der Waals surface area (Å²) in [5.41, 5.74) is 16.3. The van der Waals surface area contributed by atoms with Crippen LogP contribution in [0.5, 0.6) is 0 Å². The second-order valence-electron chi connectivity index (χ2n) is 20.1. The van der Waals surface area contributed by atoms with E-state index in [0.29, 0.717) is 17.5 Å². The first-order valence-electron chi connectivity index (χ1n) is 24.7. The van der Waals surface area contributed by atoms with Gasteiger partial charge in [0.05, 0.1) is 22.1 Å². The minimum absolute atomic E-state index is 0.217. The average molecular weight is 916 g/mol. The number of aryl methyl sites for hydroxylation is 2. The predicted molar refractivity (Wildman–Crippen MR) is 298 cm³/mol. The minimum atomic E-state index is -0.342. The number of fused-ring (bicyclic) bond motifs is 7. The summed E-state index contributed by atoms with van der Waals surface area (Å²) in [7, 11) is 0. The lowest BCUT2D eigenvalue weighted by Gasteiger charge is -2.29. The Hall–Kier alpha value is -8.35. The molecule has 6 heteroatoms. The Morgan fingerprint density at radius 2 is 0.817 bits per heavy atom. The number of aromatic nitrogens is 5. The smallest absolute Gasteiger partial charge is 0.291 e. The van der Waals surface area contributed by atoms with Crippen LogP contribution in [0, 0.1) is 13.8 Å². The van der Waals surface area contributed by atoms with Crippen molar-refractivity contribution in [1.29, 1.82) is 0 Å². The molecule has 0 unspecified atom stereocenters. The summed E-state index contributed by atoms with van der Waals surface area (Å²) in [5, 5.41) is 4.62. The molecule has 3 aromatic heterocycles. The second kappa shape index (κ2) is 17.3. The summed E-state index contributed by atoms with van der Waals surface area (Å²) in [5.74, 6) is 1.19. The molecule has 5 nitrogen and oxygen atoms in total. The van der Waals surface area contributed by atoms with E-state index in [9.17, 15) is 0 Å². The maximum absolute atomic E-state index is 5.77. The van der Waals surface area contributed by atoms with Gasteiger partial charge in [0.2, 0.25) is 5.95 Å². The van der Waals surface area contributed by atoms with Gasteiger partial charge in [-0.1, -0.05) is 244 Å². The Balaban J connectivity index is 1.15. The molecule has 0 N–H and O–H groups in total. The lowest BCUT2D eigenvalue weighted by molar-refractivity contribution is 0.640. The van der Waals surface area contributed by atoms with E-state index in [1.807, 2.05) is 6.07 Å². The molecule has 0 aliphatic carbocycles. The van der Waals surface area contributed by atoms with Crippen molar-refractivity contribution in [2.45, 2.75) is 52.4 Å². The summed E-state index contributed by atoms with van der Waals surface area (Å²) in [6.45, 7) is 13.4. The topological polar surface area (TPSA) is 48.5 Å². The van der Waals surface area contributed by atoms with Crippen molar-refractivity contribution in [3.63, 3.8) is 0 Å². The highest BCUT2D eigenvalue weighted by Gasteiger charge is 2.34. The highest BCUT2D eigenvalue weighted by atomic mass is 15.2. The molecule has 0 aliphatic rings. The van der Waals surface area contributed by atoms with Gasteiger partial charge in [0.1, 0.15) is 5.72 Å². The fourth-order valence-electron chi connectivity index (χ4n) is 11.1. The zero-order valence-corrected chi connectivity index (χ0v) is 41.1. The summed E-state index contributed by atoms with van der Waals surface area (Å²) >= 11 is 0. The van der Waals surface area contributed by atoms with E-state index >= 15 is 0 Å². The average Bonchev–Trinajstić information content (AvgIpc) is 3.94. The van der Waals surface area contributed by atoms with Crippen LogP contribution in [0.3, 0.4) is 0 Å². The fraction of sp³-hybridized carbons (Fsp3) is 0.123. The third-order valence-electron chi connectivity index (χ3n) is 15.2. The van der Waals surface area contributed by atoms with Gasteiger partial charge in [0.15, 0.2) is 5.82 Å². The van der Waals surface area contributed by atoms with Gasteiger partial charge in [-0.2, -0.15) is 4.98 Å². The highest BCUT2D eigenvalue weighted by Crippen LogP contribution is 2.41. The quantitative estimate of drug-likeness (QED) is 0.128. The molecule has 0 saturated heterocycles. The van der Waals surface area contributed by atoms with Crippen molar-refractivity contribution in [3.05, 3.63) is 252 Å². The maximum atomic E-state index is 5.77. The highest BCUT2D eigenvalue weighted by molar-refractivity contribution is 6.95. The third kappa shape index (κ3) is 7.36. The largest absolute Gasteiger partial charge is 0.307 e. The van der Waals surface area contributed by atoms with Crippen molar-refractivity contribution in [3.8, 4) is 23.0 Å². The molecular formula is C65H54BN5. The Morgan fingerprint density at radius 3 is 1.32 bits per heavy atom. The third-order valence-corrected chi connectivity index (χ3v) is 15.2. The number of hydrogen-bond donors (Lipinski definition) is 0. The Labute approximate surface area is 416 Å². The summed E-state index contributed by atoms with van der Waals surface area (Å²) in [6, 6.07) is 78.7. The fourth-order valence-corrected chi connectivity index (χ4v) is 11.1. The van der Waals surface area contributed by atoms with Crippen molar-refractivity contribution in [2.24, 2.45) is 0 Å². The van der Waals surface area contributed by atoms with E-state index in [2.05, 4.69) is 263 Å². The summed E-state index contributed by atoms with van der Waals surface area (Å²) < 4.78 is 4.71. The van der Waals surface area contributed by atoms with Crippen molar-refractivity contribution < 1.29 is 0 Å². The van der Waals surface area contributed by atoms with Gasteiger partial charge < -0.3 is 4.57 Å². The molecular weight excluding hydrogens is 862 g/mol. The van der Waals surface area contributed by atoms with Crippen LogP contribution in [0.2, 0.25) is 0 Å². The van der Waals surface area contributed by atoms with Crippen LogP contribution >= 0.6 is 0 Å². The zero-order valence-electron chi connectivity index (χ0n) is 41.1. The van der Waals surface area contributed by atoms with Crippen molar-refractivity contribution in [2.75, 3.05) is 0 Å². The van der Waals surface area contributed by atoms with Crippen molar-refractivity contribution >= 4 is 67.0 Å². The SMILES string of the molecule is Cc1cc(C(C)(C)c2ccccc2)ccc1B(c1nc(-c2ccccc2)nc(-n2c3ccccc3c3ccc4c5ccccc5n(-c5ccccc5)c4c32)n1)c1ccc(C(C)(C)c2ccccc2)cc1C. The van der Waals surface area contributed by atoms with Gasteiger partial charge in [0, 0.05) is 43.6 Å². The van der Waals surface area contributed by atoms with E-state index in [1.54, 1.807) is 0 Å². The molecule has 342 valence electrons. The molecule has 0 aliphatic heterocycles. The van der Waals surface area contributed by atoms with E-state index in [1.165, 1.54) is 44.2 Å². The van der Waals surface area contributed by atoms with Crippen LogP contribution in [0.25, 0.3) is 66.6 Å². The van der Waals surface area contributed by atoms with Crippen LogP contribution in [-0.4, -0.2) is 30.8 Å². The molecule has 0 bridgehead atoms. The Kier molecular flexibility index (Phi) is 10.7. The van der Waals surface area contributed by atoms with Crippen LogP contribution in [0.4, 0.5) is 0 Å². The van der Waals surface area contributed by atoms with Crippen molar-refractivity contribution in [1.82, 2.24) is 24.1 Å². The molecule has 12 aromatic rings. The minimum Gasteiger partial charge on any atom is -0.307 e. The standard InChI is InChI=1S/C65H54BN5/c1-43-41-48(64(3,4)46-25-13-8-14-26-46)35-39-55(43)66(56-40-36-49(42-44(56)2)65(5,6)47-27-15-9-16-28-47)62-67-61(45-23-11-7-12-24-45)68-63(69-62)71-58-34-22-20-32-52(58)54-38-37-53-51-31-19-21-33-57(51)70(59(53)60(54)71)50-29-17-10-18-30-50/h7-42H,1-6H3. The first kappa shape index (κ1) is 43.9. The number of rotatable bonds is 10. The van der Waals surface area contributed by atoms with E-state index < -0.39 is 0 Å². The first-order valence-corrected chi connectivity index (χ1v) is 24.7. The van der Waals surface area contributed by atoms with Crippen LogP contribution in [-0.2, 0) is 10.8 Å².